The van der Waals surface area contributed by atoms with Gasteiger partial charge in [0.2, 0.25) is 5.79 Å². The standard InChI is InChI=1S/C12H16BrNO2/c1-2-12(9-14-7-8-15-12)16-11-6-4-3-5-10(11)13/h3-6,14H,2,7-9H2,1H3. The summed E-state index contributed by atoms with van der Waals surface area (Å²) in [5.74, 6) is 0.301. The number of hydrogen-bond acceptors (Lipinski definition) is 3. The van der Waals surface area contributed by atoms with Crippen LogP contribution in [0.25, 0.3) is 0 Å². The lowest BCUT2D eigenvalue weighted by Gasteiger charge is -2.37. The van der Waals surface area contributed by atoms with E-state index in [1.807, 2.05) is 24.3 Å². The summed E-state index contributed by atoms with van der Waals surface area (Å²) in [6, 6.07) is 7.84. The van der Waals surface area contributed by atoms with Gasteiger partial charge in [-0.3, -0.25) is 0 Å². The van der Waals surface area contributed by atoms with Gasteiger partial charge in [-0.15, -0.1) is 0 Å². The van der Waals surface area contributed by atoms with Crippen LogP contribution in [0.3, 0.4) is 0 Å². The molecule has 3 nitrogen and oxygen atoms in total. The molecule has 0 saturated carbocycles. The van der Waals surface area contributed by atoms with Gasteiger partial charge in [0.15, 0.2) is 0 Å². The van der Waals surface area contributed by atoms with Crippen LogP contribution in [0.2, 0.25) is 0 Å². The molecule has 0 aliphatic carbocycles. The molecule has 1 aromatic carbocycles. The number of morpholine rings is 1. The zero-order valence-electron chi connectivity index (χ0n) is 9.33. The van der Waals surface area contributed by atoms with Gasteiger partial charge in [-0.1, -0.05) is 19.1 Å². The fourth-order valence-corrected chi connectivity index (χ4v) is 2.10. The molecule has 0 spiro atoms. The summed E-state index contributed by atoms with van der Waals surface area (Å²) >= 11 is 3.48. The van der Waals surface area contributed by atoms with E-state index in [1.54, 1.807) is 0 Å². The smallest absolute Gasteiger partial charge is 0.222 e. The lowest BCUT2D eigenvalue weighted by Crippen LogP contribution is -2.53. The van der Waals surface area contributed by atoms with Gasteiger partial charge >= 0.3 is 0 Å². The van der Waals surface area contributed by atoms with Crippen LogP contribution >= 0.6 is 15.9 Å². The molecule has 1 N–H and O–H groups in total. The average molecular weight is 286 g/mol. The Morgan fingerprint density at radius 2 is 2.31 bits per heavy atom. The molecule has 0 aromatic heterocycles. The Kier molecular flexibility index (Phi) is 3.84. The summed E-state index contributed by atoms with van der Waals surface area (Å²) < 4.78 is 12.7. The van der Waals surface area contributed by atoms with Crippen LogP contribution in [0.4, 0.5) is 0 Å². The van der Waals surface area contributed by atoms with Gasteiger partial charge in [-0.05, 0) is 28.1 Å². The Labute approximate surface area is 104 Å². The maximum Gasteiger partial charge on any atom is 0.222 e. The lowest BCUT2D eigenvalue weighted by molar-refractivity contribution is -0.196. The number of halogens is 1. The quantitative estimate of drug-likeness (QED) is 0.926. The van der Waals surface area contributed by atoms with Gasteiger partial charge in [0, 0.05) is 13.0 Å². The highest BCUT2D eigenvalue weighted by molar-refractivity contribution is 9.10. The Morgan fingerprint density at radius 1 is 1.50 bits per heavy atom. The first-order chi connectivity index (χ1) is 7.76. The summed E-state index contributed by atoms with van der Waals surface area (Å²) in [5, 5.41) is 3.30. The van der Waals surface area contributed by atoms with E-state index in [0.29, 0.717) is 6.61 Å². The molecule has 1 heterocycles. The third-order valence-electron chi connectivity index (χ3n) is 2.71. The van der Waals surface area contributed by atoms with E-state index in [1.165, 1.54) is 0 Å². The molecule has 1 aliphatic rings. The molecule has 1 aromatic rings. The molecule has 0 bridgehead atoms. The molecule has 0 radical (unpaired) electrons. The van der Waals surface area contributed by atoms with Crippen molar-refractivity contribution in [3.05, 3.63) is 28.7 Å². The lowest BCUT2D eigenvalue weighted by atomic mass is 10.2. The van der Waals surface area contributed by atoms with Gasteiger partial charge in [-0.2, -0.15) is 0 Å². The minimum Gasteiger partial charge on any atom is -0.460 e. The predicted octanol–water partition coefficient (Wildman–Crippen LogP) is 2.55. The van der Waals surface area contributed by atoms with Crippen LogP contribution in [0.5, 0.6) is 5.75 Å². The molecule has 1 atom stereocenters. The van der Waals surface area contributed by atoms with E-state index in [-0.39, 0.29) is 0 Å². The Morgan fingerprint density at radius 3 is 2.94 bits per heavy atom. The fraction of sp³-hybridized carbons (Fsp3) is 0.500. The number of rotatable bonds is 3. The van der Waals surface area contributed by atoms with Gasteiger partial charge in [0.1, 0.15) is 5.75 Å². The maximum atomic E-state index is 5.99. The van der Waals surface area contributed by atoms with E-state index in [2.05, 4.69) is 28.2 Å². The van der Waals surface area contributed by atoms with Crippen molar-refractivity contribution in [2.75, 3.05) is 19.7 Å². The maximum absolute atomic E-state index is 5.99. The zero-order valence-corrected chi connectivity index (χ0v) is 10.9. The van der Waals surface area contributed by atoms with Crippen LogP contribution in [0.15, 0.2) is 28.7 Å². The highest BCUT2D eigenvalue weighted by Gasteiger charge is 2.34. The third kappa shape index (κ3) is 2.56. The highest BCUT2D eigenvalue weighted by atomic mass is 79.9. The van der Waals surface area contributed by atoms with E-state index in [4.69, 9.17) is 9.47 Å². The second-order valence-corrected chi connectivity index (χ2v) is 4.68. The van der Waals surface area contributed by atoms with Crippen LogP contribution in [0.1, 0.15) is 13.3 Å². The van der Waals surface area contributed by atoms with Crippen LogP contribution < -0.4 is 10.1 Å². The van der Waals surface area contributed by atoms with Crippen molar-refractivity contribution in [3.63, 3.8) is 0 Å². The molecule has 16 heavy (non-hydrogen) atoms. The second-order valence-electron chi connectivity index (χ2n) is 3.82. The average Bonchev–Trinajstić information content (AvgIpc) is 2.33. The van der Waals surface area contributed by atoms with Crippen molar-refractivity contribution >= 4 is 15.9 Å². The number of ether oxygens (including phenoxy) is 2. The first-order valence-electron chi connectivity index (χ1n) is 5.54. The minimum absolute atomic E-state index is 0.526. The van der Waals surface area contributed by atoms with Crippen molar-refractivity contribution < 1.29 is 9.47 Å². The monoisotopic (exact) mass is 285 g/mol. The molecule has 1 fully saturated rings. The van der Waals surface area contributed by atoms with Crippen molar-refractivity contribution in [2.24, 2.45) is 0 Å². The Bertz CT molecular complexity index is 351. The van der Waals surface area contributed by atoms with Crippen LogP contribution in [0, 0.1) is 0 Å². The fourth-order valence-electron chi connectivity index (χ4n) is 1.73. The summed E-state index contributed by atoms with van der Waals surface area (Å²) in [6.45, 7) is 4.38. The van der Waals surface area contributed by atoms with Gasteiger partial charge in [0.05, 0.1) is 17.6 Å². The van der Waals surface area contributed by atoms with E-state index in [0.717, 1.165) is 29.7 Å². The second kappa shape index (κ2) is 5.17. The summed E-state index contributed by atoms with van der Waals surface area (Å²) in [4.78, 5) is 0. The van der Waals surface area contributed by atoms with Crippen molar-refractivity contribution in [3.8, 4) is 5.75 Å². The molecule has 4 heteroatoms. The molecule has 1 aliphatic heterocycles. The van der Waals surface area contributed by atoms with Crippen LogP contribution in [-0.2, 0) is 4.74 Å². The third-order valence-corrected chi connectivity index (χ3v) is 3.36. The molecular weight excluding hydrogens is 270 g/mol. The minimum atomic E-state index is -0.526. The predicted molar refractivity (Wildman–Crippen MR) is 66.6 cm³/mol. The first-order valence-corrected chi connectivity index (χ1v) is 6.33. The SMILES string of the molecule is CCC1(Oc2ccccc2Br)CNCCO1. The van der Waals surface area contributed by atoms with Gasteiger partial charge < -0.3 is 14.8 Å². The zero-order chi connectivity index (χ0) is 11.4. The highest BCUT2D eigenvalue weighted by Crippen LogP contribution is 2.30. The number of hydrogen-bond donors (Lipinski definition) is 1. The molecule has 2 rings (SSSR count). The van der Waals surface area contributed by atoms with Crippen molar-refractivity contribution in [1.29, 1.82) is 0 Å². The van der Waals surface area contributed by atoms with Gasteiger partial charge in [0.25, 0.3) is 0 Å². The largest absolute Gasteiger partial charge is 0.460 e. The number of para-hydroxylation sites is 1. The van der Waals surface area contributed by atoms with Crippen molar-refractivity contribution in [2.45, 2.75) is 19.1 Å². The summed E-state index contributed by atoms with van der Waals surface area (Å²) in [6.07, 6.45) is 0.821. The Balaban J connectivity index is 2.15. The van der Waals surface area contributed by atoms with Crippen molar-refractivity contribution in [1.82, 2.24) is 5.32 Å². The van der Waals surface area contributed by atoms with E-state index in [9.17, 15) is 0 Å². The summed E-state index contributed by atoms with van der Waals surface area (Å²) in [5.41, 5.74) is 0. The Hall–Kier alpha value is -0.580. The summed E-state index contributed by atoms with van der Waals surface area (Å²) in [7, 11) is 0. The number of benzene rings is 1. The molecule has 1 saturated heterocycles. The molecule has 88 valence electrons. The molecular formula is C12H16BrNO2. The van der Waals surface area contributed by atoms with Gasteiger partial charge in [-0.25, -0.2) is 0 Å². The normalized spacial score (nSPS) is 25.4. The molecule has 1 unspecified atom stereocenters. The molecule has 0 amide bonds. The van der Waals surface area contributed by atoms with E-state index < -0.39 is 5.79 Å². The van der Waals surface area contributed by atoms with E-state index >= 15 is 0 Å². The first kappa shape index (κ1) is 11.9. The topological polar surface area (TPSA) is 30.5 Å². The van der Waals surface area contributed by atoms with Crippen LogP contribution in [-0.4, -0.2) is 25.5 Å². The number of nitrogens with one attached hydrogen (secondary N) is 1.